The number of aryl methyl sites for hydroxylation is 2. The molecule has 0 saturated carbocycles. The van der Waals surface area contributed by atoms with Gasteiger partial charge in [0, 0.05) is 6.08 Å². The summed E-state index contributed by atoms with van der Waals surface area (Å²) in [5.41, 5.74) is 2.78. The summed E-state index contributed by atoms with van der Waals surface area (Å²) in [6.45, 7) is 3.86. The normalized spacial score (nSPS) is 10.6. The lowest BCUT2D eigenvalue weighted by atomic mass is 10.1. The minimum absolute atomic E-state index is 0.423. The van der Waals surface area contributed by atoms with Gasteiger partial charge in [0.2, 0.25) is 0 Å². The van der Waals surface area contributed by atoms with E-state index in [2.05, 4.69) is 0 Å². The average Bonchev–Trinajstić information content (AvgIpc) is 2.56. The molecule has 0 unspecified atom stereocenters. The molecule has 0 fully saturated rings. The smallest absolute Gasteiger partial charge is 0.336 e. The zero-order valence-electron chi connectivity index (χ0n) is 13.8. The fraction of sp³-hybridized carbons (Fsp3) is 0.211. The van der Waals surface area contributed by atoms with Crippen LogP contribution in [0.2, 0.25) is 0 Å². The van der Waals surface area contributed by atoms with Crippen molar-refractivity contribution in [1.29, 1.82) is 0 Å². The van der Waals surface area contributed by atoms with Crippen LogP contribution in [0.1, 0.15) is 16.7 Å². The maximum atomic E-state index is 12.0. The number of hydrogen-bond acceptors (Lipinski definition) is 4. The van der Waals surface area contributed by atoms with E-state index in [-0.39, 0.29) is 0 Å². The van der Waals surface area contributed by atoms with Gasteiger partial charge in [0.15, 0.2) is 11.5 Å². The zero-order valence-corrected chi connectivity index (χ0v) is 13.8. The van der Waals surface area contributed by atoms with E-state index >= 15 is 0 Å². The fourth-order valence-electron chi connectivity index (χ4n) is 2.08. The number of rotatable bonds is 5. The van der Waals surface area contributed by atoms with Crippen LogP contribution in [0.3, 0.4) is 0 Å². The van der Waals surface area contributed by atoms with Crippen LogP contribution in [0.25, 0.3) is 6.08 Å². The lowest BCUT2D eigenvalue weighted by Crippen LogP contribution is -2.05. The van der Waals surface area contributed by atoms with Crippen molar-refractivity contribution < 1.29 is 19.0 Å². The van der Waals surface area contributed by atoms with E-state index in [0.29, 0.717) is 17.2 Å². The lowest BCUT2D eigenvalue weighted by molar-refractivity contribution is -0.128. The molecule has 0 saturated heterocycles. The monoisotopic (exact) mass is 312 g/mol. The number of esters is 1. The van der Waals surface area contributed by atoms with Crippen molar-refractivity contribution in [3.63, 3.8) is 0 Å². The highest BCUT2D eigenvalue weighted by molar-refractivity contribution is 5.89. The molecule has 2 aromatic rings. The Morgan fingerprint density at radius 1 is 0.913 bits per heavy atom. The fourth-order valence-corrected chi connectivity index (χ4v) is 2.08. The van der Waals surface area contributed by atoms with Crippen molar-refractivity contribution in [2.45, 2.75) is 13.8 Å². The Morgan fingerprint density at radius 2 is 1.65 bits per heavy atom. The van der Waals surface area contributed by atoms with Crippen molar-refractivity contribution in [1.82, 2.24) is 0 Å². The van der Waals surface area contributed by atoms with Gasteiger partial charge in [0.1, 0.15) is 5.75 Å². The third-order valence-electron chi connectivity index (χ3n) is 3.37. The van der Waals surface area contributed by atoms with Gasteiger partial charge in [-0.2, -0.15) is 0 Å². The van der Waals surface area contributed by atoms with E-state index in [1.54, 1.807) is 32.4 Å². The summed E-state index contributed by atoms with van der Waals surface area (Å²) in [5.74, 6) is 1.40. The number of ether oxygens (including phenoxy) is 3. The first-order chi connectivity index (χ1) is 11.0. The number of carbonyl (C=O) groups is 1. The van der Waals surface area contributed by atoms with E-state index in [9.17, 15) is 4.79 Å². The molecule has 0 atom stereocenters. The van der Waals surface area contributed by atoms with Gasteiger partial charge in [-0.15, -0.1) is 0 Å². The second-order valence-electron chi connectivity index (χ2n) is 5.14. The highest BCUT2D eigenvalue weighted by atomic mass is 16.5. The topological polar surface area (TPSA) is 44.8 Å². The Balaban J connectivity index is 2.10. The van der Waals surface area contributed by atoms with Gasteiger partial charge in [0.25, 0.3) is 0 Å². The van der Waals surface area contributed by atoms with E-state index in [4.69, 9.17) is 14.2 Å². The number of benzene rings is 2. The highest BCUT2D eigenvalue weighted by Gasteiger charge is 2.06. The standard InChI is InChI=1S/C19H20O4/c1-13-5-6-14(2)17(11-13)23-19(20)10-8-15-7-9-16(21-3)18(12-15)22-4/h5-12H,1-4H3. The van der Waals surface area contributed by atoms with Crippen molar-refractivity contribution in [2.75, 3.05) is 14.2 Å². The van der Waals surface area contributed by atoms with E-state index in [1.807, 2.05) is 38.1 Å². The molecule has 0 N–H and O–H groups in total. The Hall–Kier alpha value is -2.75. The van der Waals surface area contributed by atoms with Crippen LogP contribution >= 0.6 is 0 Å². The number of carbonyl (C=O) groups excluding carboxylic acids is 1. The molecule has 0 aliphatic heterocycles. The Bertz CT molecular complexity index is 732. The van der Waals surface area contributed by atoms with Gasteiger partial charge in [-0.05, 0) is 54.8 Å². The molecule has 23 heavy (non-hydrogen) atoms. The van der Waals surface area contributed by atoms with Crippen LogP contribution in [-0.2, 0) is 4.79 Å². The molecule has 2 rings (SSSR count). The third kappa shape index (κ3) is 4.36. The zero-order chi connectivity index (χ0) is 16.8. The van der Waals surface area contributed by atoms with E-state index < -0.39 is 5.97 Å². The largest absolute Gasteiger partial charge is 0.493 e. The predicted octanol–water partition coefficient (Wildman–Crippen LogP) is 3.94. The quantitative estimate of drug-likeness (QED) is 0.476. The average molecular weight is 312 g/mol. The van der Waals surface area contributed by atoms with Crippen LogP contribution in [-0.4, -0.2) is 20.2 Å². The molecule has 4 nitrogen and oxygen atoms in total. The second-order valence-corrected chi connectivity index (χ2v) is 5.14. The van der Waals surface area contributed by atoms with Gasteiger partial charge in [-0.25, -0.2) is 4.79 Å². The molecule has 0 spiro atoms. The molecule has 0 amide bonds. The Morgan fingerprint density at radius 3 is 2.35 bits per heavy atom. The summed E-state index contributed by atoms with van der Waals surface area (Å²) in [6.07, 6.45) is 3.07. The maximum Gasteiger partial charge on any atom is 0.336 e. The minimum Gasteiger partial charge on any atom is -0.493 e. The number of methoxy groups -OCH3 is 2. The molecule has 0 aromatic heterocycles. The Labute approximate surface area is 136 Å². The van der Waals surface area contributed by atoms with Crippen molar-refractivity contribution in [3.05, 3.63) is 59.2 Å². The van der Waals surface area contributed by atoms with Crippen molar-refractivity contribution in [3.8, 4) is 17.2 Å². The summed E-state index contributed by atoms with van der Waals surface area (Å²) in [5, 5.41) is 0. The molecule has 0 radical (unpaired) electrons. The van der Waals surface area contributed by atoms with Crippen LogP contribution in [0.5, 0.6) is 17.2 Å². The van der Waals surface area contributed by atoms with Gasteiger partial charge in [-0.3, -0.25) is 0 Å². The predicted molar refractivity (Wildman–Crippen MR) is 90.1 cm³/mol. The summed E-state index contributed by atoms with van der Waals surface area (Å²) >= 11 is 0. The SMILES string of the molecule is COc1ccc(C=CC(=O)Oc2cc(C)ccc2C)cc1OC. The summed E-state index contributed by atoms with van der Waals surface area (Å²) < 4.78 is 15.8. The molecular formula is C19H20O4. The molecule has 0 heterocycles. The first-order valence-corrected chi connectivity index (χ1v) is 7.22. The van der Waals surface area contributed by atoms with Crippen molar-refractivity contribution in [2.24, 2.45) is 0 Å². The maximum absolute atomic E-state index is 12.0. The summed E-state index contributed by atoms with van der Waals surface area (Å²) in [7, 11) is 3.15. The molecule has 0 bridgehead atoms. The summed E-state index contributed by atoms with van der Waals surface area (Å²) in [6, 6.07) is 11.2. The van der Waals surface area contributed by atoms with E-state index in [0.717, 1.165) is 16.7 Å². The Kier molecular flexibility index (Phi) is 5.41. The first kappa shape index (κ1) is 16.6. The molecule has 2 aromatic carbocycles. The highest BCUT2D eigenvalue weighted by Crippen LogP contribution is 2.28. The van der Waals surface area contributed by atoms with Crippen molar-refractivity contribution >= 4 is 12.0 Å². The first-order valence-electron chi connectivity index (χ1n) is 7.22. The summed E-state index contributed by atoms with van der Waals surface area (Å²) in [4.78, 5) is 12.0. The molecule has 0 aliphatic carbocycles. The molecule has 120 valence electrons. The van der Waals surface area contributed by atoms with Crippen LogP contribution in [0.15, 0.2) is 42.5 Å². The lowest BCUT2D eigenvalue weighted by Gasteiger charge is -2.08. The second kappa shape index (κ2) is 7.49. The van der Waals surface area contributed by atoms with Crippen LogP contribution in [0, 0.1) is 13.8 Å². The van der Waals surface area contributed by atoms with Crippen LogP contribution in [0.4, 0.5) is 0 Å². The van der Waals surface area contributed by atoms with E-state index in [1.165, 1.54) is 6.08 Å². The van der Waals surface area contributed by atoms with Gasteiger partial charge < -0.3 is 14.2 Å². The number of hydrogen-bond donors (Lipinski definition) is 0. The van der Waals surface area contributed by atoms with Crippen LogP contribution < -0.4 is 14.2 Å². The molecule has 0 aliphatic rings. The van der Waals surface area contributed by atoms with Gasteiger partial charge in [0.05, 0.1) is 14.2 Å². The third-order valence-corrected chi connectivity index (χ3v) is 3.37. The minimum atomic E-state index is -0.423. The van der Waals surface area contributed by atoms with Gasteiger partial charge >= 0.3 is 5.97 Å². The molecule has 4 heteroatoms. The van der Waals surface area contributed by atoms with Gasteiger partial charge in [-0.1, -0.05) is 18.2 Å². The molecular weight excluding hydrogens is 292 g/mol.